The van der Waals surface area contributed by atoms with Crippen molar-refractivity contribution in [2.45, 2.75) is 17.7 Å². The summed E-state index contributed by atoms with van der Waals surface area (Å²) in [5, 5.41) is 4.14. The molecule has 5 nitrogen and oxygen atoms in total. The van der Waals surface area contributed by atoms with E-state index in [0.717, 1.165) is 36.3 Å². The Bertz CT molecular complexity index is 877. The zero-order chi connectivity index (χ0) is 17.3. The van der Waals surface area contributed by atoms with Gasteiger partial charge in [0.2, 0.25) is 10.0 Å². The second kappa shape index (κ2) is 6.79. The molecule has 2 heterocycles. The average Bonchev–Trinajstić information content (AvgIpc) is 3.21. The van der Waals surface area contributed by atoms with Gasteiger partial charge in [0.1, 0.15) is 15.6 Å². The van der Waals surface area contributed by atoms with Gasteiger partial charge in [-0.05, 0) is 42.5 Å². The summed E-state index contributed by atoms with van der Waals surface area (Å²) in [5.41, 5.74) is 0.223. The number of benzene rings is 1. The van der Waals surface area contributed by atoms with Crippen LogP contribution in [0.2, 0.25) is 5.02 Å². The molecule has 1 aliphatic heterocycles. The number of nitrogens with one attached hydrogen (secondary N) is 1. The lowest BCUT2D eigenvalue weighted by molar-refractivity contribution is 0.102. The maximum Gasteiger partial charge on any atom is 0.267 e. The van der Waals surface area contributed by atoms with Gasteiger partial charge in [-0.3, -0.25) is 4.79 Å². The first-order chi connectivity index (χ1) is 11.4. The van der Waals surface area contributed by atoms with E-state index in [9.17, 15) is 17.6 Å². The fourth-order valence-corrected chi connectivity index (χ4v) is 5.53. The highest BCUT2D eigenvalue weighted by molar-refractivity contribution is 7.89. The van der Waals surface area contributed by atoms with Gasteiger partial charge in [-0.2, -0.15) is 4.31 Å². The van der Waals surface area contributed by atoms with Crippen molar-refractivity contribution >= 4 is 44.6 Å². The van der Waals surface area contributed by atoms with Crippen LogP contribution in [0.25, 0.3) is 0 Å². The van der Waals surface area contributed by atoms with Crippen molar-refractivity contribution < 1.29 is 17.6 Å². The van der Waals surface area contributed by atoms with Gasteiger partial charge in [-0.1, -0.05) is 11.6 Å². The minimum absolute atomic E-state index is 0.00914. The van der Waals surface area contributed by atoms with Crippen LogP contribution in [0.4, 0.5) is 10.1 Å². The zero-order valence-corrected chi connectivity index (χ0v) is 14.8. The predicted octanol–water partition coefficient (Wildman–Crippen LogP) is 3.58. The summed E-state index contributed by atoms with van der Waals surface area (Å²) in [6, 6.07) is 5.00. The fraction of sp³-hybridized carbons (Fsp3) is 0.267. The van der Waals surface area contributed by atoms with Crippen LogP contribution < -0.4 is 5.32 Å². The van der Waals surface area contributed by atoms with E-state index in [0.29, 0.717) is 13.1 Å². The summed E-state index contributed by atoms with van der Waals surface area (Å²) in [5.74, 6) is -1.11. The van der Waals surface area contributed by atoms with Crippen LogP contribution in [0.1, 0.15) is 22.5 Å². The first-order valence-electron chi connectivity index (χ1n) is 7.23. The van der Waals surface area contributed by atoms with E-state index in [1.54, 1.807) is 5.38 Å². The van der Waals surface area contributed by atoms with Crippen molar-refractivity contribution in [3.63, 3.8) is 0 Å². The van der Waals surface area contributed by atoms with Crippen LogP contribution in [0.3, 0.4) is 0 Å². The van der Waals surface area contributed by atoms with Gasteiger partial charge in [0, 0.05) is 13.1 Å². The summed E-state index contributed by atoms with van der Waals surface area (Å²) < 4.78 is 39.8. The number of nitrogens with zero attached hydrogens (tertiary/aromatic N) is 1. The average molecular weight is 389 g/mol. The number of hydrogen-bond acceptors (Lipinski definition) is 4. The number of sulfonamides is 1. The van der Waals surface area contributed by atoms with Crippen LogP contribution >= 0.6 is 22.9 Å². The molecular weight excluding hydrogens is 375 g/mol. The number of rotatable bonds is 4. The molecule has 1 saturated heterocycles. The van der Waals surface area contributed by atoms with E-state index >= 15 is 0 Å². The molecular formula is C15H14ClFN2O3S2. The maximum absolute atomic E-state index is 13.1. The molecule has 1 aromatic carbocycles. The highest BCUT2D eigenvalue weighted by Gasteiger charge is 2.31. The number of thiophene rings is 1. The SMILES string of the molecule is O=C(Nc1ccc(F)cc1Cl)c1sccc1S(=O)(=O)N1CCCC1. The molecule has 3 rings (SSSR count). The third-order valence-electron chi connectivity index (χ3n) is 3.70. The number of carbonyl (C=O) groups is 1. The van der Waals surface area contributed by atoms with Crippen molar-refractivity contribution in [3.05, 3.63) is 45.4 Å². The Morgan fingerprint density at radius 3 is 2.62 bits per heavy atom. The lowest BCUT2D eigenvalue weighted by atomic mass is 10.3. The van der Waals surface area contributed by atoms with Gasteiger partial charge < -0.3 is 5.32 Å². The van der Waals surface area contributed by atoms with Crippen LogP contribution in [-0.4, -0.2) is 31.7 Å². The summed E-state index contributed by atoms with van der Waals surface area (Å²) in [4.78, 5) is 12.5. The lowest BCUT2D eigenvalue weighted by Crippen LogP contribution is -2.29. The summed E-state index contributed by atoms with van der Waals surface area (Å²) in [6.07, 6.45) is 1.63. The van der Waals surface area contributed by atoms with Crippen molar-refractivity contribution in [2.24, 2.45) is 0 Å². The quantitative estimate of drug-likeness (QED) is 0.870. The highest BCUT2D eigenvalue weighted by atomic mass is 35.5. The topological polar surface area (TPSA) is 66.5 Å². The van der Waals surface area contributed by atoms with E-state index < -0.39 is 21.7 Å². The molecule has 1 aromatic heterocycles. The third kappa shape index (κ3) is 3.32. The third-order valence-corrected chi connectivity index (χ3v) is 6.99. The Morgan fingerprint density at radius 1 is 1.25 bits per heavy atom. The second-order valence-electron chi connectivity index (χ2n) is 5.30. The van der Waals surface area contributed by atoms with Crippen molar-refractivity contribution in [1.82, 2.24) is 4.31 Å². The molecule has 2 aromatic rings. The molecule has 9 heteroatoms. The molecule has 0 bridgehead atoms. The fourth-order valence-electron chi connectivity index (χ4n) is 2.50. The molecule has 0 atom stereocenters. The monoisotopic (exact) mass is 388 g/mol. The van der Waals surface area contributed by atoms with E-state index in [1.165, 1.54) is 16.4 Å². The molecule has 1 aliphatic rings. The maximum atomic E-state index is 13.1. The van der Waals surface area contributed by atoms with E-state index in [-0.39, 0.29) is 20.5 Å². The first-order valence-corrected chi connectivity index (χ1v) is 9.93. The van der Waals surface area contributed by atoms with Gasteiger partial charge >= 0.3 is 0 Å². The molecule has 0 radical (unpaired) electrons. The smallest absolute Gasteiger partial charge is 0.267 e. The van der Waals surface area contributed by atoms with Gasteiger partial charge in [-0.15, -0.1) is 11.3 Å². The van der Waals surface area contributed by atoms with Gasteiger partial charge in [-0.25, -0.2) is 12.8 Å². The Morgan fingerprint density at radius 2 is 1.96 bits per heavy atom. The number of halogens is 2. The van der Waals surface area contributed by atoms with Crippen LogP contribution in [0, 0.1) is 5.82 Å². The first kappa shape index (κ1) is 17.3. The molecule has 1 N–H and O–H groups in total. The highest BCUT2D eigenvalue weighted by Crippen LogP contribution is 2.29. The minimum Gasteiger partial charge on any atom is -0.320 e. The molecule has 0 aliphatic carbocycles. The molecule has 128 valence electrons. The van der Waals surface area contributed by atoms with Gasteiger partial charge in [0.25, 0.3) is 5.91 Å². The normalized spacial score (nSPS) is 15.6. The molecule has 0 spiro atoms. The largest absolute Gasteiger partial charge is 0.320 e. The number of hydrogen-bond donors (Lipinski definition) is 1. The van der Waals surface area contributed by atoms with Crippen molar-refractivity contribution in [3.8, 4) is 0 Å². The van der Waals surface area contributed by atoms with Gasteiger partial charge in [0.15, 0.2) is 0 Å². The predicted molar refractivity (Wildman–Crippen MR) is 91.7 cm³/mol. The van der Waals surface area contributed by atoms with Crippen LogP contribution in [0.15, 0.2) is 34.5 Å². The Balaban J connectivity index is 1.88. The van der Waals surface area contributed by atoms with Crippen molar-refractivity contribution in [1.29, 1.82) is 0 Å². The van der Waals surface area contributed by atoms with E-state index in [1.807, 2.05) is 0 Å². The Kier molecular flexibility index (Phi) is 4.91. The van der Waals surface area contributed by atoms with E-state index in [4.69, 9.17) is 11.6 Å². The molecule has 0 unspecified atom stereocenters. The number of anilines is 1. The number of amides is 1. The minimum atomic E-state index is -3.69. The zero-order valence-electron chi connectivity index (χ0n) is 12.5. The van der Waals surface area contributed by atoms with Gasteiger partial charge in [0.05, 0.1) is 10.7 Å². The Labute approximate surface area is 148 Å². The molecule has 24 heavy (non-hydrogen) atoms. The lowest BCUT2D eigenvalue weighted by Gasteiger charge is -2.15. The van der Waals surface area contributed by atoms with Crippen LogP contribution in [-0.2, 0) is 10.0 Å². The molecule has 1 amide bonds. The Hall–Kier alpha value is -1.48. The second-order valence-corrected chi connectivity index (χ2v) is 8.53. The summed E-state index contributed by atoms with van der Waals surface area (Å²) in [6.45, 7) is 0.923. The van der Waals surface area contributed by atoms with E-state index in [2.05, 4.69) is 5.32 Å². The molecule has 1 fully saturated rings. The number of carbonyl (C=O) groups excluding carboxylic acids is 1. The molecule has 0 saturated carbocycles. The standard InChI is InChI=1S/C15H14ClFN2O3S2/c16-11-9-10(17)3-4-12(11)18-15(20)14-13(5-8-23-14)24(21,22)19-6-1-2-7-19/h3-5,8-9H,1-2,6-7H2,(H,18,20). The summed E-state index contributed by atoms with van der Waals surface area (Å²) >= 11 is 6.93. The van der Waals surface area contributed by atoms with Crippen molar-refractivity contribution in [2.75, 3.05) is 18.4 Å². The summed E-state index contributed by atoms with van der Waals surface area (Å²) in [7, 11) is -3.69. The van der Waals surface area contributed by atoms with Crippen LogP contribution in [0.5, 0.6) is 0 Å².